The number of hydrogen-bond acceptors (Lipinski definition) is 4. The summed E-state index contributed by atoms with van der Waals surface area (Å²) in [6, 6.07) is 4.52. The topological polar surface area (TPSA) is 75.8 Å². The van der Waals surface area contributed by atoms with Gasteiger partial charge in [-0.2, -0.15) is 0 Å². The van der Waals surface area contributed by atoms with Crippen molar-refractivity contribution in [3.8, 4) is 11.5 Å². The number of phenols is 1. The average Bonchev–Trinajstić information content (AvgIpc) is 2.36. The number of carbonyl (C=O) groups excluding carboxylic acids is 1. The van der Waals surface area contributed by atoms with Gasteiger partial charge in [-0.3, -0.25) is 4.79 Å². The Labute approximate surface area is 132 Å². The molecule has 5 nitrogen and oxygen atoms in total. The molecule has 3 N–H and O–H groups in total. The maximum Gasteiger partial charge on any atom is 0.240 e. The van der Waals surface area contributed by atoms with Gasteiger partial charge in [0.15, 0.2) is 11.5 Å². The lowest BCUT2D eigenvalue weighted by atomic mass is 9.86. The van der Waals surface area contributed by atoms with E-state index in [0.29, 0.717) is 12.3 Å². The molecule has 21 heavy (non-hydrogen) atoms. The van der Waals surface area contributed by atoms with E-state index in [1.54, 1.807) is 24.1 Å². The van der Waals surface area contributed by atoms with Crippen LogP contribution in [0.15, 0.2) is 18.2 Å². The molecule has 1 amide bonds. The van der Waals surface area contributed by atoms with Crippen molar-refractivity contribution in [2.45, 2.75) is 33.4 Å². The molecule has 0 spiro atoms. The fraction of sp³-hybridized carbons (Fsp3) is 0.533. The van der Waals surface area contributed by atoms with E-state index < -0.39 is 6.04 Å². The summed E-state index contributed by atoms with van der Waals surface area (Å²) in [5.41, 5.74) is 6.50. The van der Waals surface area contributed by atoms with Crippen LogP contribution in [0.2, 0.25) is 0 Å². The van der Waals surface area contributed by atoms with Gasteiger partial charge in [0, 0.05) is 13.6 Å². The number of nitrogens with zero attached hydrogens (tertiary/aromatic N) is 1. The number of aromatic hydroxyl groups is 1. The zero-order valence-corrected chi connectivity index (χ0v) is 14.0. The minimum Gasteiger partial charge on any atom is -0.504 e. The van der Waals surface area contributed by atoms with Crippen LogP contribution in [0, 0.1) is 5.41 Å². The van der Waals surface area contributed by atoms with Gasteiger partial charge in [0.1, 0.15) is 0 Å². The summed E-state index contributed by atoms with van der Waals surface area (Å²) in [7, 11) is 3.20. The van der Waals surface area contributed by atoms with E-state index in [-0.39, 0.29) is 29.5 Å². The predicted molar refractivity (Wildman–Crippen MR) is 85.8 cm³/mol. The molecule has 1 rings (SSSR count). The van der Waals surface area contributed by atoms with Gasteiger partial charge < -0.3 is 20.5 Å². The Bertz CT molecular complexity index is 486. The van der Waals surface area contributed by atoms with Gasteiger partial charge in [0.05, 0.1) is 13.2 Å². The maximum absolute atomic E-state index is 12.2. The lowest BCUT2D eigenvalue weighted by molar-refractivity contribution is -0.134. The van der Waals surface area contributed by atoms with E-state index in [0.717, 1.165) is 5.56 Å². The minimum absolute atomic E-state index is 0. The van der Waals surface area contributed by atoms with E-state index >= 15 is 0 Å². The van der Waals surface area contributed by atoms with E-state index in [9.17, 15) is 9.90 Å². The van der Waals surface area contributed by atoms with Crippen molar-refractivity contribution in [2.24, 2.45) is 11.1 Å². The highest BCUT2D eigenvalue weighted by Gasteiger charge is 2.29. The van der Waals surface area contributed by atoms with Gasteiger partial charge >= 0.3 is 0 Å². The van der Waals surface area contributed by atoms with Crippen LogP contribution in [-0.2, 0) is 11.3 Å². The standard InChI is InChI=1S/C15H24N2O3.ClH/c1-15(2,3)13(16)14(19)17(4)9-10-6-7-12(20-5)11(18)8-10;/h6-8,13,18H,9,16H2,1-5H3;1H/t13-;/m1./s1. The summed E-state index contributed by atoms with van der Waals surface area (Å²) >= 11 is 0. The molecule has 0 fully saturated rings. The first-order chi connectivity index (χ1) is 9.16. The van der Waals surface area contributed by atoms with E-state index in [1.165, 1.54) is 7.11 Å². The third kappa shape index (κ3) is 5.10. The Morgan fingerprint density at radius 3 is 2.43 bits per heavy atom. The van der Waals surface area contributed by atoms with E-state index in [2.05, 4.69) is 0 Å². The van der Waals surface area contributed by atoms with Crippen molar-refractivity contribution in [3.05, 3.63) is 23.8 Å². The first-order valence-corrected chi connectivity index (χ1v) is 6.53. The van der Waals surface area contributed by atoms with Gasteiger partial charge in [-0.25, -0.2) is 0 Å². The molecule has 0 aliphatic heterocycles. The molecule has 0 saturated heterocycles. The Balaban J connectivity index is 0.00000400. The molecule has 0 heterocycles. The Kier molecular flexibility index (Phi) is 7.00. The maximum atomic E-state index is 12.2. The molecule has 0 radical (unpaired) electrons. The lowest BCUT2D eigenvalue weighted by Gasteiger charge is -2.30. The lowest BCUT2D eigenvalue weighted by Crippen LogP contribution is -2.48. The van der Waals surface area contributed by atoms with Gasteiger partial charge in [0.2, 0.25) is 5.91 Å². The van der Waals surface area contributed by atoms with Crippen LogP contribution in [0.3, 0.4) is 0 Å². The highest BCUT2D eigenvalue weighted by molar-refractivity contribution is 5.85. The van der Waals surface area contributed by atoms with Crippen molar-refractivity contribution in [1.82, 2.24) is 4.90 Å². The van der Waals surface area contributed by atoms with Crippen molar-refractivity contribution < 1.29 is 14.6 Å². The van der Waals surface area contributed by atoms with Gasteiger partial charge in [-0.15, -0.1) is 12.4 Å². The molecule has 0 aliphatic rings. The summed E-state index contributed by atoms with van der Waals surface area (Å²) in [5, 5.41) is 9.73. The number of nitrogens with two attached hydrogens (primary N) is 1. The fourth-order valence-corrected chi connectivity index (χ4v) is 1.79. The van der Waals surface area contributed by atoms with Crippen molar-refractivity contribution in [1.29, 1.82) is 0 Å². The first-order valence-electron chi connectivity index (χ1n) is 6.53. The van der Waals surface area contributed by atoms with Crippen LogP contribution in [0.4, 0.5) is 0 Å². The second kappa shape index (κ2) is 7.52. The quantitative estimate of drug-likeness (QED) is 0.892. The summed E-state index contributed by atoms with van der Waals surface area (Å²) in [6.45, 7) is 6.19. The van der Waals surface area contributed by atoms with Crippen molar-refractivity contribution in [2.75, 3.05) is 14.2 Å². The molecule has 1 atom stereocenters. The molecule has 0 unspecified atom stereocenters. The molecule has 1 aromatic carbocycles. The van der Waals surface area contributed by atoms with Gasteiger partial charge in [-0.1, -0.05) is 26.8 Å². The number of likely N-dealkylation sites (N-methyl/N-ethyl adjacent to an activating group) is 1. The molecule has 6 heteroatoms. The number of hydrogen-bond donors (Lipinski definition) is 2. The largest absolute Gasteiger partial charge is 0.504 e. The number of benzene rings is 1. The molecule has 0 aromatic heterocycles. The summed E-state index contributed by atoms with van der Waals surface area (Å²) < 4.78 is 4.98. The zero-order valence-electron chi connectivity index (χ0n) is 13.2. The van der Waals surface area contributed by atoms with Crippen LogP contribution in [0.1, 0.15) is 26.3 Å². The number of amides is 1. The normalized spacial score (nSPS) is 12.3. The Morgan fingerprint density at radius 2 is 2.00 bits per heavy atom. The van der Waals surface area contributed by atoms with Crippen molar-refractivity contribution in [3.63, 3.8) is 0 Å². The molecule has 0 saturated carbocycles. The summed E-state index contributed by atoms with van der Waals surface area (Å²) in [5.74, 6) is 0.355. The monoisotopic (exact) mass is 316 g/mol. The van der Waals surface area contributed by atoms with Crippen LogP contribution in [0.25, 0.3) is 0 Å². The zero-order chi connectivity index (χ0) is 15.5. The highest BCUT2D eigenvalue weighted by atomic mass is 35.5. The number of ether oxygens (including phenoxy) is 1. The molecule has 0 bridgehead atoms. The third-order valence-corrected chi connectivity index (χ3v) is 3.24. The number of rotatable bonds is 4. The Hall–Kier alpha value is -1.46. The van der Waals surface area contributed by atoms with Crippen molar-refractivity contribution >= 4 is 18.3 Å². The van der Waals surface area contributed by atoms with Gasteiger partial charge in [0.25, 0.3) is 0 Å². The smallest absolute Gasteiger partial charge is 0.240 e. The number of carbonyl (C=O) groups is 1. The summed E-state index contributed by atoms with van der Waals surface area (Å²) in [6.07, 6.45) is 0. The fourth-order valence-electron chi connectivity index (χ4n) is 1.79. The predicted octanol–water partition coefficient (Wildman–Crippen LogP) is 2.15. The average molecular weight is 317 g/mol. The number of halogens is 1. The second-order valence-corrected chi connectivity index (χ2v) is 6.04. The van der Waals surface area contributed by atoms with E-state index in [1.807, 2.05) is 26.8 Å². The number of methoxy groups -OCH3 is 1. The SMILES string of the molecule is COc1ccc(CN(C)C(=O)[C@@H](N)C(C)(C)C)cc1O.Cl. The van der Waals surface area contributed by atoms with Crippen LogP contribution >= 0.6 is 12.4 Å². The molecule has 0 aliphatic carbocycles. The van der Waals surface area contributed by atoms with E-state index in [4.69, 9.17) is 10.5 Å². The second-order valence-electron chi connectivity index (χ2n) is 6.04. The minimum atomic E-state index is -0.556. The van der Waals surface area contributed by atoms with Crippen LogP contribution in [0.5, 0.6) is 11.5 Å². The summed E-state index contributed by atoms with van der Waals surface area (Å²) in [4.78, 5) is 13.8. The molecular formula is C15H25ClN2O3. The first kappa shape index (κ1) is 19.5. The Morgan fingerprint density at radius 1 is 1.43 bits per heavy atom. The van der Waals surface area contributed by atoms with Gasteiger partial charge in [-0.05, 0) is 23.1 Å². The molecular weight excluding hydrogens is 292 g/mol. The number of phenolic OH excluding ortho intramolecular Hbond substituents is 1. The molecule has 120 valence electrons. The van der Waals surface area contributed by atoms with Crippen LogP contribution in [-0.4, -0.2) is 36.1 Å². The molecule has 1 aromatic rings. The van der Waals surface area contributed by atoms with Crippen LogP contribution < -0.4 is 10.5 Å². The highest BCUT2D eigenvalue weighted by Crippen LogP contribution is 2.27. The third-order valence-electron chi connectivity index (χ3n) is 3.24.